The fourth-order valence-electron chi connectivity index (χ4n) is 3.02. The van der Waals surface area contributed by atoms with Crippen molar-refractivity contribution in [2.75, 3.05) is 25.1 Å². The maximum Gasteiger partial charge on any atom is 0.341 e. The summed E-state index contributed by atoms with van der Waals surface area (Å²) in [6.07, 6.45) is 0. The second kappa shape index (κ2) is 11.3. The van der Waals surface area contributed by atoms with Gasteiger partial charge in [-0.1, -0.05) is 17.7 Å². The first-order valence-corrected chi connectivity index (χ1v) is 11.3. The molecule has 178 valence electrons. The van der Waals surface area contributed by atoms with Crippen LogP contribution in [0.1, 0.15) is 39.0 Å². The molecule has 2 heterocycles. The van der Waals surface area contributed by atoms with E-state index < -0.39 is 36.9 Å². The smallest absolute Gasteiger partial charge is 0.341 e. The topological polar surface area (TPSA) is 124 Å². The third-order valence-corrected chi connectivity index (χ3v) is 5.46. The Morgan fingerprint density at radius 2 is 1.85 bits per heavy atom. The molecule has 3 rings (SSSR count). The molecule has 0 aliphatic carbocycles. The van der Waals surface area contributed by atoms with Crippen molar-refractivity contribution in [2.45, 2.75) is 20.8 Å². The standard InChI is InChI=1S/C24H24N2O7S/c1-4-31-24(30)21-17(18-9-8-15(3)33-18)13-34-23(21)26-19(27)12-32-20(28)11-25-22(29)16-7-5-6-14(2)10-16/h5-10,13H,4,11-12H2,1-3H3,(H,25,29)(H,26,27). The van der Waals surface area contributed by atoms with Gasteiger partial charge in [0.25, 0.3) is 11.8 Å². The van der Waals surface area contributed by atoms with Crippen molar-refractivity contribution in [2.24, 2.45) is 0 Å². The predicted octanol–water partition coefficient (Wildman–Crippen LogP) is 3.71. The number of thiophene rings is 1. The Hall–Kier alpha value is -3.92. The van der Waals surface area contributed by atoms with Gasteiger partial charge in [-0.25, -0.2) is 4.79 Å². The lowest BCUT2D eigenvalue weighted by atomic mass is 10.1. The lowest BCUT2D eigenvalue weighted by Gasteiger charge is -2.09. The zero-order chi connectivity index (χ0) is 24.7. The molecule has 0 atom stereocenters. The number of carbonyl (C=O) groups excluding carboxylic acids is 4. The second-order valence-electron chi connectivity index (χ2n) is 7.25. The Morgan fingerprint density at radius 3 is 2.53 bits per heavy atom. The average Bonchev–Trinajstić information content (AvgIpc) is 3.42. The third kappa shape index (κ3) is 6.32. The number of ether oxygens (including phenoxy) is 2. The second-order valence-corrected chi connectivity index (χ2v) is 8.12. The number of amides is 2. The van der Waals surface area contributed by atoms with E-state index in [-0.39, 0.29) is 17.2 Å². The summed E-state index contributed by atoms with van der Waals surface area (Å²) in [5, 5.41) is 6.94. The van der Waals surface area contributed by atoms with Crippen LogP contribution in [0.5, 0.6) is 0 Å². The lowest BCUT2D eigenvalue weighted by molar-refractivity contribution is -0.146. The van der Waals surface area contributed by atoms with Crippen LogP contribution >= 0.6 is 11.3 Å². The number of anilines is 1. The number of esters is 2. The van der Waals surface area contributed by atoms with E-state index in [1.54, 1.807) is 49.6 Å². The van der Waals surface area contributed by atoms with Gasteiger partial charge in [-0.2, -0.15) is 0 Å². The van der Waals surface area contributed by atoms with Crippen LogP contribution in [-0.4, -0.2) is 43.5 Å². The summed E-state index contributed by atoms with van der Waals surface area (Å²) in [6.45, 7) is 4.48. The van der Waals surface area contributed by atoms with E-state index in [0.717, 1.165) is 16.9 Å². The van der Waals surface area contributed by atoms with Crippen LogP contribution in [0.2, 0.25) is 0 Å². The summed E-state index contributed by atoms with van der Waals surface area (Å²) in [5.41, 5.74) is 1.97. The molecule has 0 radical (unpaired) electrons. The van der Waals surface area contributed by atoms with Crippen molar-refractivity contribution in [1.29, 1.82) is 0 Å². The molecular formula is C24H24N2O7S. The molecule has 2 N–H and O–H groups in total. The molecule has 0 aliphatic rings. The van der Waals surface area contributed by atoms with Gasteiger partial charge in [-0.15, -0.1) is 11.3 Å². The van der Waals surface area contributed by atoms with Crippen LogP contribution in [-0.2, 0) is 19.1 Å². The maximum absolute atomic E-state index is 12.5. The number of furan rings is 1. The predicted molar refractivity (Wildman–Crippen MR) is 126 cm³/mol. The highest BCUT2D eigenvalue weighted by Gasteiger charge is 2.24. The first-order valence-electron chi connectivity index (χ1n) is 10.4. The van der Waals surface area contributed by atoms with E-state index in [9.17, 15) is 19.2 Å². The van der Waals surface area contributed by atoms with Crippen molar-refractivity contribution < 1.29 is 33.1 Å². The summed E-state index contributed by atoms with van der Waals surface area (Å²) in [6, 6.07) is 10.4. The van der Waals surface area contributed by atoms with Gasteiger partial charge in [-0.05, 0) is 45.0 Å². The summed E-state index contributed by atoms with van der Waals surface area (Å²) in [7, 11) is 0. The number of nitrogens with one attached hydrogen (secondary N) is 2. The maximum atomic E-state index is 12.5. The molecule has 34 heavy (non-hydrogen) atoms. The molecule has 0 bridgehead atoms. The fourth-order valence-corrected chi connectivity index (χ4v) is 3.97. The molecule has 0 fully saturated rings. The Morgan fingerprint density at radius 1 is 1.06 bits per heavy atom. The molecule has 3 aromatic rings. The highest BCUT2D eigenvalue weighted by molar-refractivity contribution is 7.15. The van der Waals surface area contributed by atoms with E-state index in [2.05, 4.69) is 10.6 Å². The van der Waals surface area contributed by atoms with Gasteiger partial charge < -0.3 is 24.5 Å². The van der Waals surface area contributed by atoms with Crippen molar-refractivity contribution in [3.63, 3.8) is 0 Å². The molecule has 1 aromatic carbocycles. The van der Waals surface area contributed by atoms with E-state index in [1.165, 1.54) is 0 Å². The number of rotatable bonds is 9. The van der Waals surface area contributed by atoms with Crippen LogP contribution in [0, 0.1) is 13.8 Å². The fraction of sp³-hybridized carbons (Fsp3) is 0.250. The minimum Gasteiger partial charge on any atom is -0.462 e. The number of aryl methyl sites for hydroxylation is 2. The highest BCUT2D eigenvalue weighted by Crippen LogP contribution is 2.37. The molecule has 0 saturated heterocycles. The van der Waals surface area contributed by atoms with Crippen molar-refractivity contribution in [1.82, 2.24) is 5.32 Å². The summed E-state index contributed by atoms with van der Waals surface area (Å²) >= 11 is 1.12. The molecular weight excluding hydrogens is 460 g/mol. The number of carbonyl (C=O) groups is 4. The number of benzene rings is 1. The van der Waals surface area contributed by atoms with Crippen LogP contribution in [0.25, 0.3) is 11.3 Å². The average molecular weight is 485 g/mol. The molecule has 2 amide bonds. The van der Waals surface area contributed by atoms with Crippen LogP contribution in [0.3, 0.4) is 0 Å². The Kier molecular flexibility index (Phi) is 8.20. The van der Waals surface area contributed by atoms with E-state index in [1.807, 2.05) is 13.0 Å². The highest BCUT2D eigenvalue weighted by atomic mass is 32.1. The zero-order valence-corrected chi connectivity index (χ0v) is 19.7. The molecule has 9 nitrogen and oxygen atoms in total. The Bertz CT molecular complexity index is 1210. The number of hydrogen-bond acceptors (Lipinski definition) is 8. The minimum absolute atomic E-state index is 0.157. The van der Waals surface area contributed by atoms with Gasteiger partial charge >= 0.3 is 11.9 Å². The van der Waals surface area contributed by atoms with Gasteiger partial charge in [0, 0.05) is 16.5 Å². The van der Waals surface area contributed by atoms with Gasteiger partial charge in [0.15, 0.2) is 6.61 Å². The van der Waals surface area contributed by atoms with E-state index in [0.29, 0.717) is 22.6 Å². The Labute approximate surface area is 200 Å². The van der Waals surface area contributed by atoms with E-state index >= 15 is 0 Å². The monoisotopic (exact) mass is 484 g/mol. The largest absolute Gasteiger partial charge is 0.462 e. The van der Waals surface area contributed by atoms with Gasteiger partial charge in [0.05, 0.1) is 6.61 Å². The third-order valence-electron chi connectivity index (χ3n) is 4.57. The van der Waals surface area contributed by atoms with Crippen molar-refractivity contribution in [3.05, 3.63) is 64.2 Å². The number of hydrogen-bond donors (Lipinski definition) is 2. The Balaban J connectivity index is 1.58. The quantitative estimate of drug-likeness (QED) is 0.444. The molecule has 2 aromatic heterocycles. The van der Waals surface area contributed by atoms with Crippen LogP contribution < -0.4 is 10.6 Å². The van der Waals surface area contributed by atoms with Crippen molar-refractivity contribution >= 4 is 40.1 Å². The zero-order valence-electron chi connectivity index (χ0n) is 18.9. The van der Waals surface area contributed by atoms with Gasteiger partial charge in [0.2, 0.25) is 0 Å². The first-order chi connectivity index (χ1) is 16.3. The lowest BCUT2D eigenvalue weighted by Crippen LogP contribution is -2.32. The molecule has 0 spiro atoms. The molecule has 0 saturated carbocycles. The normalized spacial score (nSPS) is 10.4. The minimum atomic E-state index is -0.778. The summed E-state index contributed by atoms with van der Waals surface area (Å²) < 4.78 is 15.7. The molecule has 10 heteroatoms. The first kappa shape index (κ1) is 24.7. The van der Waals surface area contributed by atoms with Gasteiger partial charge in [0.1, 0.15) is 28.6 Å². The molecule has 0 aliphatic heterocycles. The van der Waals surface area contributed by atoms with Crippen molar-refractivity contribution in [3.8, 4) is 11.3 Å². The molecule has 0 unspecified atom stereocenters. The SMILES string of the molecule is CCOC(=O)c1c(-c2ccc(C)o2)csc1NC(=O)COC(=O)CNC(=O)c1cccc(C)c1. The summed E-state index contributed by atoms with van der Waals surface area (Å²) in [4.78, 5) is 48.9. The van der Waals surface area contributed by atoms with E-state index in [4.69, 9.17) is 13.9 Å². The van der Waals surface area contributed by atoms with Crippen LogP contribution in [0.4, 0.5) is 5.00 Å². The summed E-state index contributed by atoms with van der Waals surface area (Å²) in [5.74, 6) is -1.33. The van der Waals surface area contributed by atoms with Crippen LogP contribution in [0.15, 0.2) is 46.2 Å². The van der Waals surface area contributed by atoms with Gasteiger partial charge in [-0.3, -0.25) is 14.4 Å².